The van der Waals surface area contributed by atoms with Crippen molar-refractivity contribution < 1.29 is 9.53 Å². The first-order valence-electron chi connectivity index (χ1n) is 8.79. The third kappa shape index (κ3) is 4.03. The van der Waals surface area contributed by atoms with E-state index >= 15 is 0 Å². The van der Waals surface area contributed by atoms with Crippen molar-refractivity contribution in [3.8, 4) is 21.9 Å². The van der Waals surface area contributed by atoms with Gasteiger partial charge in [0.25, 0.3) is 0 Å². The number of thiazole rings is 1. The number of amides is 2. The largest absolute Gasteiger partial charge is 0.457 e. The minimum Gasteiger partial charge on any atom is -0.457 e. The number of nitrogens with one attached hydrogen (secondary N) is 2. The maximum Gasteiger partial charge on any atom is 0.318 e. The summed E-state index contributed by atoms with van der Waals surface area (Å²) in [7, 11) is 1.58. The fraction of sp³-hybridized carbons (Fsp3) is 0.200. The van der Waals surface area contributed by atoms with Gasteiger partial charge in [-0.15, -0.1) is 0 Å². The molecule has 1 aliphatic rings. The van der Waals surface area contributed by atoms with Gasteiger partial charge in [0.05, 0.1) is 4.88 Å². The molecule has 2 N–H and O–H groups in total. The highest BCUT2D eigenvalue weighted by Gasteiger charge is 2.18. The van der Waals surface area contributed by atoms with E-state index in [1.54, 1.807) is 30.5 Å². The van der Waals surface area contributed by atoms with Gasteiger partial charge < -0.3 is 20.3 Å². The molecule has 0 atom stereocenters. The summed E-state index contributed by atoms with van der Waals surface area (Å²) >= 11 is 1.72. The van der Waals surface area contributed by atoms with Crippen LogP contribution in [-0.2, 0) is 0 Å². The maximum atomic E-state index is 11.3. The monoisotopic (exact) mass is 380 g/mol. The summed E-state index contributed by atoms with van der Waals surface area (Å²) in [4.78, 5) is 19.3. The number of benzene rings is 2. The van der Waals surface area contributed by atoms with Crippen LogP contribution in [0.15, 0.2) is 54.7 Å². The number of urea groups is 1. The highest BCUT2D eigenvalue weighted by atomic mass is 32.1. The van der Waals surface area contributed by atoms with Gasteiger partial charge in [0, 0.05) is 32.0 Å². The lowest BCUT2D eigenvalue weighted by Gasteiger charge is -2.30. The van der Waals surface area contributed by atoms with E-state index in [1.165, 1.54) is 6.42 Å². The molecule has 1 aromatic heterocycles. The quantitative estimate of drug-likeness (QED) is 0.681. The average Bonchev–Trinajstić information content (AvgIpc) is 3.12. The summed E-state index contributed by atoms with van der Waals surface area (Å²) in [5.41, 5.74) is 1.84. The Kier molecular flexibility index (Phi) is 4.93. The molecule has 1 aliphatic heterocycles. The Bertz CT molecular complexity index is 918. The van der Waals surface area contributed by atoms with Crippen LogP contribution in [0.1, 0.15) is 6.42 Å². The first-order valence-corrected chi connectivity index (χ1v) is 9.61. The van der Waals surface area contributed by atoms with Gasteiger partial charge in [-0.3, -0.25) is 0 Å². The van der Waals surface area contributed by atoms with Crippen molar-refractivity contribution in [3.05, 3.63) is 54.7 Å². The normalized spacial score (nSPS) is 13.0. The second kappa shape index (κ2) is 7.67. The molecule has 0 bridgehead atoms. The number of anilines is 2. The molecule has 0 unspecified atom stereocenters. The maximum absolute atomic E-state index is 11.3. The Morgan fingerprint density at radius 3 is 2.33 bits per heavy atom. The van der Waals surface area contributed by atoms with Gasteiger partial charge in [0.15, 0.2) is 5.13 Å². The summed E-state index contributed by atoms with van der Waals surface area (Å²) < 4.78 is 5.88. The van der Waals surface area contributed by atoms with Gasteiger partial charge >= 0.3 is 6.03 Å². The second-order valence-corrected chi connectivity index (χ2v) is 7.21. The number of rotatable bonds is 5. The lowest BCUT2D eigenvalue weighted by atomic mass is 10.2. The number of aromatic nitrogens is 1. The van der Waals surface area contributed by atoms with Crippen molar-refractivity contribution >= 4 is 28.2 Å². The Morgan fingerprint density at radius 1 is 1.07 bits per heavy atom. The third-order valence-electron chi connectivity index (χ3n) is 4.33. The van der Waals surface area contributed by atoms with Crippen LogP contribution in [0, 0.1) is 0 Å². The summed E-state index contributed by atoms with van der Waals surface area (Å²) in [5.74, 6) is 1.47. The molecule has 1 saturated heterocycles. The lowest BCUT2D eigenvalue weighted by molar-refractivity contribution is 0.254. The zero-order chi connectivity index (χ0) is 18.6. The number of carbonyl (C=O) groups excluding carboxylic acids is 1. The molecule has 0 radical (unpaired) electrons. The lowest BCUT2D eigenvalue weighted by Crippen LogP contribution is -2.36. The topological polar surface area (TPSA) is 66.5 Å². The van der Waals surface area contributed by atoms with Crippen molar-refractivity contribution in [3.63, 3.8) is 0 Å². The Balaban J connectivity index is 1.40. The molecule has 2 amide bonds. The molecule has 4 rings (SSSR count). The predicted molar refractivity (Wildman–Crippen MR) is 109 cm³/mol. The number of ether oxygens (including phenoxy) is 1. The molecule has 3 aromatic rings. The van der Waals surface area contributed by atoms with Crippen molar-refractivity contribution in [2.24, 2.45) is 0 Å². The van der Waals surface area contributed by atoms with E-state index in [0.717, 1.165) is 34.4 Å². The van der Waals surface area contributed by atoms with E-state index in [-0.39, 0.29) is 6.03 Å². The third-order valence-corrected chi connectivity index (χ3v) is 5.44. The van der Waals surface area contributed by atoms with Crippen LogP contribution in [0.5, 0.6) is 11.5 Å². The standard InChI is InChI=1S/C20H20N4O2S/c1-21-19(25)23-15-5-9-17(10-6-15)26-16-7-3-14(4-8-16)18-13-22-20(27-18)24-11-2-12-24/h3-10,13H,2,11-12H2,1H3,(H2,21,23,25). The minimum atomic E-state index is -0.250. The smallest absolute Gasteiger partial charge is 0.318 e. The zero-order valence-electron chi connectivity index (χ0n) is 14.9. The van der Waals surface area contributed by atoms with Gasteiger partial charge in [-0.2, -0.15) is 0 Å². The first kappa shape index (κ1) is 17.4. The number of carbonyl (C=O) groups is 1. The molecule has 0 aliphatic carbocycles. The molecule has 0 spiro atoms. The van der Waals surface area contributed by atoms with E-state index in [4.69, 9.17) is 4.74 Å². The van der Waals surface area contributed by atoms with Gasteiger partial charge in [0.1, 0.15) is 11.5 Å². The van der Waals surface area contributed by atoms with Crippen molar-refractivity contribution in [1.29, 1.82) is 0 Å². The SMILES string of the molecule is CNC(=O)Nc1ccc(Oc2ccc(-c3cnc(N4CCC4)s3)cc2)cc1. The van der Waals surface area contributed by atoms with Gasteiger partial charge in [-0.25, -0.2) is 9.78 Å². The van der Waals surface area contributed by atoms with Crippen LogP contribution in [0.4, 0.5) is 15.6 Å². The second-order valence-electron chi connectivity index (χ2n) is 6.20. The van der Waals surface area contributed by atoms with Crippen molar-refractivity contribution in [1.82, 2.24) is 10.3 Å². The molecule has 2 heterocycles. The highest BCUT2D eigenvalue weighted by molar-refractivity contribution is 7.18. The summed E-state index contributed by atoms with van der Waals surface area (Å²) in [5, 5.41) is 6.33. The molecule has 2 aromatic carbocycles. The Labute approximate surface area is 161 Å². The van der Waals surface area contributed by atoms with E-state index in [1.807, 2.05) is 42.6 Å². The molecular formula is C20H20N4O2S. The molecular weight excluding hydrogens is 360 g/mol. The van der Waals surface area contributed by atoms with Crippen LogP contribution < -0.4 is 20.3 Å². The van der Waals surface area contributed by atoms with Crippen LogP contribution >= 0.6 is 11.3 Å². The summed E-state index contributed by atoms with van der Waals surface area (Å²) in [6.07, 6.45) is 3.19. The van der Waals surface area contributed by atoms with Crippen molar-refractivity contribution in [2.45, 2.75) is 6.42 Å². The average molecular weight is 380 g/mol. The Morgan fingerprint density at radius 2 is 1.74 bits per heavy atom. The summed E-state index contributed by atoms with van der Waals surface area (Å²) in [6.45, 7) is 2.22. The van der Waals surface area contributed by atoms with Gasteiger partial charge in [-0.1, -0.05) is 11.3 Å². The molecule has 1 fully saturated rings. The highest BCUT2D eigenvalue weighted by Crippen LogP contribution is 2.34. The number of hydrogen-bond acceptors (Lipinski definition) is 5. The van der Waals surface area contributed by atoms with Crippen LogP contribution in [0.25, 0.3) is 10.4 Å². The van der Waals surface area contributed by atoms with E-state index in [2.05, 4.69) is 20.5 Å². The van der Waals surface area contributed by atoms with E-state index in [0.29, 0.717) is 11.4 Å². The predicted octanol–water partition coefficient (Wildman–Crippen LogP) is 4.56. The van der Waals surface area contributed by atoms with E-state index in [9.17, 15) is 4.79 Å². The van der Waals surface area contributed by atoms with Crippen LogP contribution in [0.3, 0.4) is 0 Å². The fourth-order valence-electron chi connectivity index (χ4n) is 2.68. The van der Waals surface area contributed by atoms with Gasteiger partial charge in [0.2, 0.25) is 0 Å². The first-order chi connectivity index (χ1) is 13.2. The zero-order valence-corrected chi connectivity index (χ0v) is 15.8. The number of nitrogens with zero attached hydrogens (tertiary/aromatic N) is 2. The number of hydrogen-bond donors (Lipinski definition) is 2. The summed E-state index contributed by atoms with van der Waals surface area (Å²) in [6, 6.07) is 15.0. The van der Waals surface area contributed by atoms with Crippen molar-refractivity contribution in [2.75, 3.05) is 30.4 Å². The minimum absolute atomic E-state index is 0.250. The molecule has 138 valence electrons. The van der Waals surface area contributed by atoms with Gasteiger partial charge in [-0.05, 0) is 60.5 Å². The fourth-order valence-corrected chi connectivity index (χ4v) is 3.65. The molecule has 7 heteroatoms. The van der Waals surface area contributed by atoms with Crippen LogP contribution in [0.2, 0.25) is 0 Å². The van der Waals surface area contributed by atoms with Crippen LogP contribution in [-0.4, -0.2) is 31.2 Å². The van der Waals surface area contributed by atoms with E-state index < -0.39 is 0 Å². The molecule has 6 nitrogen and oxygen atoms in total. The molecule has 27 heavy (non-hydrogen) atoms. The molecule has 0 saturated carbocycles. The Hall–Kier alpha value is -3.06.